The highest BCUT2D eigenvalue weighted by Crippen LogP contribution is 2.34. The summed E-state index contributed by atoms with van der Waals surface area (Å²) in [6.07, 6.45) is 1.28. The van der Waals surface area contributed by atoms with Crippen LogP contribution in [0.2, 0.25) is 0 Å². The molecule has 2 aromatic rings. The Morgan fingerprint density at radius 3 is 2.74 bits per heavy atom. The fourth-order valence-corrected chi connectivity index (χ4v) is 6.55. The molecule has 3 unspecified atom stereocenters. The largest absolute Gasteiger partial charge is 0.413 e. The first-order valence-electron chi connectivity index (χ1n) is 10.9. The van der Waals surface area contributed by atoms with Gasteiger partial charge in [0.05, 0.1) is 12.6 Å². The van der Waals surface area contributed by atoms with E-state index in [1.54, 1.807) is 29.0 Å². The van der Waals surface area contributed by atoms with E-state index in [0.29, 0.717) is 18.6 Å². The number of nitrogens with one attached hydrogen (secondary N) is 1. The molecule has 4 rings (SSSR count). The predicted molar refractivity (Wildman–Crippen MR) is 124 cm³/mol. The number of ether oxygens (including phenoxy) is 1. The lowest BCUT2D eigenvalue weighted by Crippen LogP contribution is -2.53. The average Bonchev–Trinajstić information content (AvgIpc) is 3.52. The Morgan fingerprint density at radius 2 is 2.09 bits per heavy atom. The maximum atomic E-state index is 13.5. The summed E-state index contributed by atoms with van der Waals surface area (Å²) in [6.45, 7) is 3.73. The Labute approximate surface area is 202 Å². The predicted octanol–water partition coefficient (Wildman–Crippen LogP) is 1.89. The molecule has 0 radical (unpaired) electrons. The average molecular weight is 507 g/mol. The maximum Gasteiger partial charge on any atom is 0.413 e. The summed E-state index contributed by atoms with van der Waals surface area (Å²) in [7, 11) is -3.99. The highest BCUT2D eigenvalue weighted by atomic mass is 32.2. The second-order valence-corrected chi connectivity index (χ2v) is 11.3. The molecular formula is C22H26N4O6S2. The minimum absolute atomic E-state index is 0.0779. The molecule has 2 fully saturated rings. The Balaban J connectivity index is 1.51. The number of thiophene rings is 1. The number of Topliss-reactive ketones (excluding diaryl/α,β-unsaturated/α-hetero) is 1. The van der Waals surface area contributed by atoms with Crippen molar-refractivity contribution < 1.29 is 27.5 Å². The Morgan fingerprint density at radius 1 is 1.29 bits per heavy atom. The molecule has 12 heteroatoms. The topological polar surface area (TPSA) is 126 Å². The monoisotopic (exact) mass is 506 g/mol. The molecule has 2 amide bonds. The van der Waals surface area contributed by atoms with E-state index in [1.165, 1.54) is 28.5 Å². The summed E-state index contributed by atoms with van der Waals surface area (Å²) < 4.78 is 32.6. The van der Waals surface area contributed by atoms with Crippen LogP contribution in [0.25, 0.3) is 0 Å². The molecule has 2 aliphatic rings. The highest BCUT2D eigenvalue weighted by molar-refractivity contribution is 7.89. The number of aromatic nitrogens is 1. The van der Waals surface area contributed by atoms with Gasteiger partial charge in [0.25, 0.3) is 10.0 Å². The molecule has 2 saturated heterocycles. The van der Waals surface area contributed by atoms with Crippen molar-refractivity contribution in [2.24, 2.45) is 5.92 Å². The van der Waals surface area contributed by atoms with Crippen LogP contribution >= 0.6 is 11.3 Å². The number of amides is 2. The minimum Gasteiger partial charge on any atom is -0.409 e. The third kappa shape index (κ3) is 4.84. The zero-order valence-electron chi connectivity index (χ0n) is 18.8. The molecule has 1 N–H and O–H groups in total. The van der Waals surface area contributed by atoms with Crippen molar-refractivity contribution in [2.75, 3.05) is 13.1 Å². The molecule has 3 atom stereocenters. The quantitative estimate of drug-likeness (QED) is 0.608. The lowest BCUT2D eigenvalue weighted by molar-refractivity contribution is -0.138. The van der Waals surface area contributed by atoms with E-state index in [9.17, 15) is 22.8 Å². The molecule has 0 bridgehead atoms. The molecule has 182 valence electrons. The molecule has 4 heterocycles. The molecule has 0 aromatic carbocycles. The van der Waals surface area contributed by atoms with E-state index in [1.807, 2.05) is 13.8 Å². The number of carbonyl (C=O) groups excluding carboxylic acids is 3. The number of nitrogens with zero attached hydrogens (tertiary/aromatic N) is 3. The number of sulfonamides is 1. The van der Waals surface area contributed by atoms with Crippen LogP contribution in [0.1, 0.15) is 26.7 Å². The van der Waals surface area contributed by atoms with Crippen LogP contribution in [0.3, 0.4) is 0 Å². The van der Waals surface area contributed by atoms with E-state index in [2.05, 4.69) is 10.3 Å². The maximum absolute atomic E-state index is 13.5. The van der Waals surface area contributed by atoms with Crippen LogP contribution in [0.15, 0.2) is 46.2 Å². The standard InChI is InChI=1S/C22H26N4O6S2/c1-14(2)11-16(24-22(29)32-15-7-10-33-13-15)21(28)25-9-6-17-20(25)18(27)12-26(17)34(30,31)19-5-3-4-8-23-19/h3-5,7-8,10,13-14,16-17,20H,6,9,11-12H2,1-2H3,(H,24,29). The van der Waals surface area contributed by atoms with E-state index in [4.69, 9.17) is 4.74 Å². The molecular weight excluding hydrogens is 480 g/mol. The Hall–Kier alpha value is -2.83. The smallest absolute Gasteiger partial charge is 0.409 e. The van der Waals surface area contributed by atoms with E-state index < -0.39 is 40.1 Å². The molecule has 0 saturated carbocycles. The zero-order valence-corrected chi connectivity index (χ0v) is 20.4. The van der Waals surface area contributed by atoms with Gasteiger partial charge >= 0.3 is 6.09 Å². The van der Waals surface area contributed by atoms with Gasteiger partial charge in [-0.2, -0.15) is 4.31 Å². The van der Waals surface area contributed by atoms with Gasteiger partial charge in [-0.3, -0.25) is 9.59 Å². The second-order valence-electron chi connectivity index (χ2n) is 8.69. The van der Waals surface area contributed by atoms with Gasteiger partial charge in [-0.05, 0) is 42.3 Å². The lowest BCUT2D eigenvalue weighted by Gasteiger charge is -2.28. The zero-order chi connectivity index (χ0) is 24.5. The number of carbonyl (C=O) groups is 3. The SMILES string of the molecule is CC(C)CC(NC(=O)Oc1ccsc1)C(=O)N1CCC2C1C(=O)CN2S(=O)(=O)c1ccccn1. The number of ketones is 1. The van der Waals surface area contributed by atoms with Crippen molar-refractivity contribution in [1.29, 1.82) is 0 Å². The molecule has 2 aromatic heterocycles. The van der Waals surface area contributed by atoms with Crippen molar-refractivity contribution in [2.45, 2.75) is 49.8 Å². The number of rotatable bonds is 7. The van der Waals surface area contributed by atoms with E-state index in [0.717, 1.165) is 4.31 Å². The molecule has 10 nitrogen and oxygen atoms in total. The van der Waals surface area contributed by atoms with Gasteiger partial charge in [0, 0.05) is 18.1 Å². The summed E-state index contributed by atoms with van der Waals surface area (Å²) in [4.78, 5) is 44.1. The minimum atomic E-state index is -3.99. The summed E-state index contributed by atoms with van der Waals surface area (Å²) >= 11 is 1.37. The lowest BCUT2D eigenvalue weighted by atomic mass is 10.0. The Bertz CT molecular complexity index is 1150. The van der Waals surface area contributed by atoms with Crippen molar-refractivity contribution in [3.05, 3.63) is 41.2 Å². The van der Waals surface area contributed by atoms with Crippen LogP contribution in [-0.4, -0.2) is 71.6 Å². The molecule has 2 aliphatic heterocycles. The van der Waals surface area contributed by atoms with Gasteiger partial charge in [0.1, 0.15) is 17.8 Å². The summed E-state index contributed by atoms with van der Waals surface area (Å²) in [6, 6.07) is 3.74. The summed E-state index contributed by atoms with van der Waals surface area (Å²) in [5.74, 6) is -0.316. The normalized spacial score (nSPS) is 21.5. The van der Waals surface area contributed by atoms with Crippen LogP contribution in [-0.2, 0) is 19.6 Å². The van der Waals surface area contributed by atoms with E-state index in [-0.39, 0.29) is 29.8 Å². The molecule has 0 spiro atoms. The van der Waals surface area contributed by atoms with Gasteiger partial charge in [0.15, 0.2) is 10.8 Å². The van der Waals surface area contributed by atoms with Crippen LogP contribution in [0.5, 0.6) is 5.75 Å². The molecule has 34 heavy (non-hydrogen) atoms. The fourth-order valence-electron chi connectivity index (χ4n) is 4.44. The van der Waals surface area contributed by atoms with Crippen molar-refractivity contribution >= 4 is 39.1 Å². The highest BCUT2D eigenvalue weighted by Gasteiger charge is 2.54. The first-order valence-corrected chi connectivity index (χ1v) is 13.3. The second kappa shape index (κ2) is 9.80. The van der Waals surface area contributed by atoms with Gasteiger partial charge in [-0.15, -0.1) is 11.3 Å². The van der Waals surface area contributed by atoms with Crippen molar-refractivity contribution in [3.63, 3.8) is 0 Å². The molecule has 0 aliphatic carbocycles. The summed E-state index contributed by atoms with van der Waals surface area (Å²) in [5, 5.41) is 5.92. The van der Waals surface area contributed by atoms with Crippen LogP contribution < -0.4 is 10.1 Å². The van der Waals surface area contributed by atoms with Crippen LogP contribution in [0.4, 0.5) is 4.79 Å². The number of pyridine rings is 1. The first kappa shape index (κ1) is 24.3. The van der Waals surface area contributed by atoms with Crippen molar-refractivity contribution in [3.8, 4) is 5.75 Å². The number of fused-ring (bicyclic) bond motifs is 1. The van der Waals surface area contributed by atoms with Gasteiger partial charge < -0.3 is 15.0 Å². The number of hydrogen-bond donors (Lipinski definition) is 1. The van der Waals surface area contributed by atoms with Gasteiger partial charge in [0.2, 0.25) is 5.91 Å². The van der Waals surface area contributed by atoms with Crippen molar-refractivity contribution in [1.82, 2.24) is 19.5 Å². The Kier molecular flexibility index (Phi) is 7.01. The van der Waals surface area contributed by atoms with Gasteiger partial charge in [-0.25, -0.2) is 18.2 Å². The first-order chi connectivity index (χ1) is 16.2. The summed E-state index contributed by atoms with van der Waals surface area (Å²) in [5.41, 5.74) is 0. The third-order valence-corrected chi connectivity index (χ3v) is 8.32. The fraction of sp³-hybridized carbons (Fsp3) is 0.455. The van der Waals surface area contributed by atoms with E-state index >= 15 is 0 Å². The third-order valence-electron chi connectivity index (χ3n) is 5.87. The number of likely N-dealkylation sites (tertiary alicyclic amines) is 1. The van der Waals surface area contributed by atoms with Gasteiger partial charge in [-0.1, -0.05) is 19.9 Å². The van der Waals surface area contributed by atoms with Crippen LogP contribution in [0, 0.1) is 5.92 Å². The number of hydrogen-bond acceptors (Lipinski definition) is 8.